The minimum absolute atomic E-state index is 0.0797. The lowest BCUT2D eigenvalue weighted by atomic mass is 9.81. The Labute approximate surface area is 240 Å². The van der Waals surface area contributed by atoms with Crippen molar-refractivity contribution in [2.24, 2.45) is 11.8 Å². The van der Waals surface area contributed by atoms with Gasteiger partial charge >= 0.3 is 6.09 Å². The molecule has 1 saturated heterocycles. The number of piperazine rings is 1. The standard InChI is InChI=1S/C31H39FN6O3/c1-36-14-16-37(17-15-36)29-11-10-24(20-33-29)28-18-26(25-4-2-3-5-27(25)35-28)30(39)34-19-22-6-8-23(9-7-22)21-38(13-12-32)31(40)41/h2-5,10-11,18,20,22-23H,6-9,12-17,19,21H2,1H3,(H,34,39)(H,40,41). The van der Waals surface area contributed by atoms with E-state index in [1.165, 1.54) is 4.90 Å². The van der Waals surface area contributed by atoms with Gasteiger partial charge in [0.15, 0.2) is 0 Å². The molecular weight excluding hydrogens is 523 g/mol. The molecule has 10 heteroatoms. The van der Waals surface area contributed by atoms with Crippen LogP contribution in [0.4, 0.5) is 15.0 Å². The molecule has 2 fully saturated rings. The van der Waals surface area contributed by atoms with Crippen molar-refractivity contribution in [3.05, 3.63) is 54.2 Å². The summed E-state index contributed by atoms with van der Waals surface area (Å²) in [4.78, 5) is 40.1. The van der Waals surface area contributed by atoms with Gasteiger partial charge in [0.25, 0.3) is 5.91 Å². The molecule has 2 aliphatic rings. The summed E-state index contributed by atoms with van der Waals surface area (Å²) >= 11 is 0. The minimum Gasteiger partial charge on any atom is -0.465 e. The van der Waals surface area contributed by atoms with Crippen molar-refractivity contribution < 1.29 is 19.1 Å². The maximum absolute atomic E-state index is 13.5. The fourth-order valence-corrected chi connectivity index (χ4v) is 5.90. The topological polar surface area (TPSA) is 102 Å². The summed E-state index contributed by atoms with van der Waals surface area (Å²) in [6.45, 7) is 4.10. The lowest BCUT2D eigenvalue weighted by Crippen LogP contribution is -2.44. The fraction of sp³-hybridized carbons (Fsp3) is 0.484. The van der Waals surface area contributed by atoms with Crippen LogP contribution in [0.2, 0.25) is 0 Å². The number of hydrogen-bond donors (Lipinski definition) is 2. The van der Waals surface area contributed by atoms with Crippen molar-refractivity contribution in [2.75, 3.05) is 64.4 Å². The quantitative estimate of drug-likeness (QED) is 0.395. The Morgan fingerprint density at radius 1 is 1.05 bits per heavy atom. The summed E-state index contributed by atoms with van der Waals surface area (Å²) < 4.78 is 12.7. The summed E-state index contributed by atoms with van der Waals surface area (Å²) in [7, 11) is 2.13. The zero-order valence-corrected chi connectivity index (χ0v) is 23.6. The number of pyridine rings is 2. The van der Waals surface area contributed by atoms with E-state index in [4.69, 9.17) is 9.97 Å². The summed E-state index contributed by atoms with van der Waals surface area (Å²) in [5, 5.41) is 13.2. The summed E-state index contributed by atoms with van der Waals surface area (Å²) in [6, 6.07) is 13.6. The minimum atomic E-state index is -1.07. The summed E-state index contributed by atoms with van der Waals surface area (Å²) in [6.07, 6.45) is 4.32. The number of amides is 2. The van der Waals surface area contributed by atoms with Gasteiger partial charge in [0.1, 0.15) is 12.5 Å². The molecule has 2 amide bonds. The first-order valence-corrected chi connectivity index (χ1v) is 14.5. The van der Waals surface area contributed by atoms with Crippen LogP contribution in [0.1, 0.15) is 36.0 Å². The predicted octanol–water partition coefficient (Wildman–Crippen LogP) is 4.53. The van der Waals surface area contributed by atoms with Crippen LogP contribution in [0, 0.1) is 11.8 Å². The van der Waals surface area contributed by atoms with E-state index in [0.717, 1.165) is 74.1 Å². The van der Waals surface area contributed by atoms with Crippen molar-refractivity contribution in [3.8, 4) is 11.3 Å². The SMILES string of the molecule is CN1CCN(c2ccc(-c3cc(C(=O)NCC4CCC(CN(CCF)C(=O)O)CC4)c4ccccc4n3)cn2)CC1. The molecule has 5 rings (SSSR count). The molecule has 3 heterocycles. The Morgan fingerprint density at radius 2 is 1.78 bits per heavy atom. The van der Waals surface area contributed by atoms with E-state index < -0.39 is 12.8 Å². The van der Waals surface area contributed by atoms with E-state index in [1.807, 2.05) is 48.7 Å². The van der Waals surface area contributed by atoms with Gasteiger partial charge in [0, 0.05) is 56.4 Å². The molecule has 1 aliphatic carbocycles. The molecule has 1 saturated carbocycles. The molecule has 2 aromatic heterocycles. The Morgan fingerprint density at radius 3 is 2.46 bits per heavy atom. The smallest absolute Gasteiger partial charge is 0.407 e. The third-order valence-corrected chi connectivity index (χ3v) is 8.45. The number of nitrogens with one attached hydrogen (secondary N) is 1. The largest absolute Gasteiger partial charge is 0.465 e. The van der Waals surface area contributed by atoms with E-state index in [9.17, 15) is 19.1 Å². The number of carboxylic acid groups (broad SMARTS) is 1. The molecule has 218 valence electrons. The number of anilines is 1. The average molecular weight is 563 g/mol. The van der Waals surface area contributed by atoms with Gasteiger partial charge in [-0.1, -0.05) is 18.2 Å². The maximum atomic E-state index is 13.5. The Balaban J connectivity index is 1.23. The second-order valence-corrected chi connectivity index (χ2v) is 11.3. The number of alkyl halides is 1. The van der Waals surface area contributed by atoms with Gasteiger partial charge in [-0.15, -0.1) is 0 Å². The van der Waals surface area contributed by atoms with Crippen LogP contribution in [0.3, 0.4) is 0 Å². The van der Waals surface area contributed by atoms with E-state index in [-0.39, 0.29) is 18.4 Å². The lowest BCUT2D eigenvalue weighted by Gasteiger charge is -2.33. The Hall–Kier alpha value is -3.79. The number of hydrogen-bond acceptors (Lipinski definition) is 6. The molecule has 2 N–H and O–H groups in total. The third kappa shape index (κ3) is 7.11. The molecule has 0 atom stereocenters. The number of likely N-dealkylation sites (N-methyl/N-ethyl adjacent to an activating group) is 1. The van der Waals surface area contributed by atoms with Crippen molar-refractivity contribution in [3.63, 3.8) is 0 Å². The fourth-order valence-electron chi connectivity index (χ4n) is 5.90. The lowest BCUT2D eigenvalue weighted by molar-refractivity contribution is 0.0937. The van der Waals surface area contributed by atoms with E-state index >= 15 is 0 Å². The maximum Gasteiger partial charge on any atom is 0.407 e. The van der Waals surface area contributed by atoms with E-state index in [1.54, 1.807) is 0 Å². The van der Waals surface area contributed by atoms with Crippen LogP contribution < -0.4 is 10.2 Å². The van der Waals surface area contributed by atoms with Crippen molar-refractivity contribution in [1.82, 2.24) is 25.1 Å². The van der Waals surface area contributed by atoms with Crippen LogP contribution in [0.25, 0.3) is 22.2 Å². The number of para-hydroxylation sites is 1. The highest BCUT2D eigenvalue weighted by atomic mass is 19.1. The molecule has 9 nitrogen and oxygen atoms in total. The molecular formula is C31H39FN6O3. The van der Waals surface area contributed by atoms with Crippen LogP contribution in [0.15, 0.2) is 48.7 Å². The molecule has 1 aromatic carbocycles. The molecule has 3 aromatic rings. The summed E-state index contributed by atoms with van der Waals surface area (Å²) in [5.41, 5.74) is 2.92. The predicted molar refractivity (Wildman–Crippen MR) is 158 cm³/mol. The van der Waals surface area contributed by atoms with Gasteiger partial charge in [0.2, 0.25) is 0 Å². The van der Waals surface area contributed by atoms with Crippen LogP contribution in [-0.4, -0.2) is 96.4 Å². The number of aromatic nitrogens is 2. The van der Waals surface area contributed by atoms with Crippen LogP contribution in [0.5, 0.6) is 0 Å². The second-order valence-electron chi connectivity index (χ2n) is 11.3. The number of carbonyl (C=O) groups excluding carboxylic acids is 1. The molecule has 0 bridgehead atoms. The normalized spacial score (nSPS) is 19.7. The monoisotopic (exact) mass is 562 g/mol. The zero-order chi connectivity index (χ0) is 28.8. The average Bonchev–Trinajstić information content (AvgIpc) is 3.00. The number of fused-ring (bicyclic) bond motifs is 1. The number of rotatable bonds is 9. The number of benzene rings is 1. The first-order chi connectivity index (χ1) is 19.9. The van der Waals surface area contributed by atoms with Gasteiger partial charge in [-0.05, 0) is 68.8 Å². The van der Waals surface area contributed by atoms with Gasteiger partial charge in [0.05, 0.1) is 23.3 Å². The first kappa shape index (κ1) is 28.7. The van der Waals surface area contributed by atoms with Crippen LogP contribution >= 0.6 is 0 Å². The summed E-state index contributed by atoms with van der Waals surface area (Å²) in [5.74, 6) is 1.38. The molecule has 0 spiro atoms. The molecule has 0 radical (unpaired) electrons. The van der Waals surface area contributed by atoms with Gasteiger partial charge in [-0.2, -0.15) is 0 Å². The number of halogens is 1. The van der Waals surface area contributed by atoms with Crippen molar-refractivity contribution >= 4 is 28.7 Å². The Kier molecular flexibility index (Phi) is 9.28. The number of carbonyl (C=O) groups is 2. The second kappa shape index (κ2) is 13.2. The first-order valence-electron chi connectivity index (χ1n) is 14.5. The Bertz CT molecular complexity index is 1340. The zero-order valence-electron chi connectivity index (χ0n) is 23.6. The highest BCUT2D eigenvalue weighted by Gasteiger charge is 2.25. The molecule has 0 unspecified atom stereocenters. The van der Waals surface area contributed by atoms with Crippen LogP contribution in [-0.2, 0) is 0 Å². The highest BCUT2D eigenvalue weighted by molar-refractivity contribution is 6.07. The van der Waals surface area contributed by atoms with E-state index in [0.29, 0.717) is 30.3 Å². The van der Waals surface area contributed by atoms with Crippen molar-refractivity contribution in [1.29, 1.82) is 0 Å². The van der Waals surface area contributed by atoms with Gasteiger partial charge < -0.3 is 25.1 Å². The molecule has 41 heavy (non-hydrogen) atoms. The number of nitrogens with zero attached hydrogens (tertiary/aromatic N) is 5. The highest BCUT2D eigenvalue weighted by Crippen LogP contribution is 2.30. The van der Waals surface area contributed by atoms with E-state index in [2.05, 4.69) is 22.2 Å². The van der Waals surface area contributed by atoms with Gasteiger partial charge in [-0.3, -0.25) is 4.79 Å². The van der Waals surface area contributed by atoms with Gasteiger partial charge in [-0.25, -0.2) is 19.2 Å². The van der Waals surface area contributed by atoms with Crippen molar-refractivity contribution in [2.45, 2.75) is 25.7 Å². The third-order valence-electron chi connectivity index (χ3n) is 8.45. The molecule has 1 aliphatic heterocycles.